The van der Waals surface area contributed by atoms with E-state index in [-0.39, 0.29) is 11.6 Å². The van der Waals surface area contributed by atoms with Crippen LogP contribution in [0.5, 0.6) is 0 Å². The Kier molecular flexibility index (Phi) is 3.77. The minimum Gasteiger partial charge on any atom is -0.322 e. The van der Waals surface area contributed by atoms with Gasteiger partial charge < -0.3 is 5.32 Å². The van der Waals surface area contributed by atoms with E-state index >= 15 is 0 Å². The van der Waals surface area contributed by atoms with Crippen LogP contribution < -0.4 is 5.32 Å². The summed E-state index contributed by atoms with van der Waals surface area (Å²) in [6, 6.07) is 12.1. The second-order valence-electron chi connectivity index (χ2n) is 3.77. The lowest BCUT2D eigenvalue weighted by atomic mass is 10.2. The number of benzene rings is 2. The second kappa shape index (κ2) is 5.49. The Bertz CT molecular complexity index is 626. The normalized spacial score (nSPS) is 9.95. The number of non-ortho nitro benzene ring substituents is 1. The summed E-state index contributed by atoms with van der Waals surface area (Å²) in [4.78, 5) is 22.0. The molecule has 0 aliphatic carbocycles. The van der Waals surface area contributed by atoms with Gasteiger partial charge in [-0.3, -0.25) is 14.9 Å². The molecular formula is C13H9ClN2O3. The van der Waals surface area contributed by atoms with Gasteiger partial charge in [-0.1, -0.05) is 17.7 Å². The van der Waals surface area contributed by atoms with E-state index in [1.54, 1.807) is 30.3 Å². The number of halogens is 1. The van der Waals surface area contributed by atoms with Crippen molar-refractivity contribution in [1.29, 1.82) is 0 Å². The Hall–Kier alpha value is -2.40. The molecule has 0 unspecified atom stereocenters. The van der Waals surface area contributed by atoms with Crippen molar-refractivity contribution in [1.82, 2.24) is 0 Å². The smallest absolute Gasteiger partial charge is 0.271 e. The first-order chi connectivity index (χ1) is 9.06. The third-order valence-electron chi connectivity index (χ3n) is 2.42. The van der Waals surface area contributed by atoms with Gasteiger partial charge in [-0.05, 0) is 30.3 Å². The zero-order valence-corrected chi connectivity index (χ0v) is 10.4. The fraction of sp³-hybridized carbons (Fsp3) is 0. The standard InChI is InChI=1S/C13H9ClN2O3/c14-10-6-4-9(5-7-10)13(17)15-11-2-1-3-12(8-11)16(18)19/h1-8H,(H,15,17). The van der Waals surface area contributed by atoms with Crippen molar-refractivity contribution < 1.29 is 9.72 Å². The number of rotatable bonds is 3. The molecule has 0 atom stereocenters. The maximum Gasteiger partial charge on any atom is 0.271 e. The maximum atomic E-state index is 11.9. The molecule has 0 aromatic heterocycles. The number of carbonyl (C=O) groups excluding carboxylic acids is 1. The molecule has 2 aromatic carbocycles. The summed E-state index contributed by atoms with van der Waals surface area (Å²) in [6.07, 6.45) is 0. The van der Waals surface area contributed by atoms with Gasteiger partial charge in [0.25, 0.3) is 11.6 Å². The van der Waals surface area contributed by atoms with E-state index in [2.05, 4.69) is 5.32 Å². The van der Waals surface area contributed by atoms with E-state index in [4.69, 9.17) is 11.6 Å². The number of anilines is 1. The van der Waals surface area contributed by atoms with Crippen LogP contribution in [0.2, 0.25) is 5.02 Å². The van der Waals surface area contributed by atoms with Crippen LogP contribution in [0.1, 0.15) is 10.4 Å². The third-order valence-corrected chi connectivity index (χ3v) is 2.67. The Balaban J connectivity index is 2.17. The predicted octanol–water partition coefficient (Wildman–Crippen LogP) is 3.50. The molecule has 1 amide bonds. The van der Waals surface area contributed by atoms with Gasteiger partial charge >= 0.3 is 0 Å². The quantitative estimate of drug-likeness (QED) is 0.689. The Labute approximate surface area is 114 Å². The van der Waals surface area contributed by atoms with Gasteiger partial charge in [-0.25, -0.2) is 0 Å². The fourth-order valence-electron chi connectivity index (χ4n) is 1.50. The summed E-state index contributed by atoms with van der Waals surface area (Å²) in [7, 11) is 0. The molecule has 2 rings (SSSR count). The van der Waals surface area contributed by atoms with Crippen LogP contribution in [0.25, 0.3) is 0 Å². The van der Waals surface area contributed by atoms with Crippen LogP contribution in [-0.4, -0.2) is 10.8 Å². The summed E-state index contributed by atoms with van der Waals surface area (Å²) in [5.41, 5.74) is 0.721. The minimum absolute atomic E-state index is 0.0751. The largest absolute Gasteiger partial charge is 0.322 e. The Morgan fingerprint density at radius 2 is 1.84 bits per heavy atom. The van der Waals surface area contributed by atoms with Crippen LogP contribution in [0.3, 0.4) is 0 Å². The number of nitrogens with zero attached hydrogens (tertiary/aromatic N) is 1. The van der Waals surface area contributed by atoms with Crippen molar-refractivity contribution in [2.45, 2.75) is 0 Å². The summed E-state index contributed by atoms with van der Waals surface area (Å²) in [6.45, 7) is 0. The number of carbonyl (C=O) groups is 1. The molecule has 0 bridgehead atoms. The average molecular weight is 277 g/mol. The lowest BCUT2D eigenvalue weighted by molar-refractivity contribution is -0.384. The van der Waals surface area contributed by atoms with E-state index in [0.717, 1.165) is 0 Å². The van der Waals surface area contributed by atoms with Crippen LogP contribution in [0, 0.1) is 10.1 Å². The number of nitro groups is 1. The fourth-order valence-corrected chi connectivity index (χ4v) is 1.63. The molecule has 0 fully saturated rings. The zero-order chi connectivity index (χ0) is 13.8. The van der Waals surface area contributed by atoms with E-state index in [9.17, 15) is 14.9 Å². The molecule has 0 aliphatic rings. The predicted molar refractivity (Wildman–Crippen MR) is 72.5 cm³/mol. The summed E-state index contributed by atoms with van der Waals surface area (Å²) >= 11 is 5.73. The highest BCUT2D eigenvalue weighted by Gasteiger charge is 2.09. The van der Waals surface area contributed by atoms with E-state index in [1.165, 1.54) is 18.2 Å². The zero-order valence-electron chi connectivity index (χ0n) is 9.67. The molecule has 0 saturated heterocycles. The topological polar surface area (TPSA) is 72.2 Å². The molecule has 0 aliphatic heterocycles. The number of hydrogen-bond acceptors (Lipinski definition) is 3. The van der Waals surface area contributed by atoms with Gasteiger partial charge in [0.2, 0.25) is 0 Å². The Morgan fingerprint density at radius 1 is 1.16 bits per heavy atom. The van der Waals surface area contributed by atoms with E-state index < -0.39 is 4.92 Å². The van der Waals surface area contributed by atoms with Crippen molar-refractivity contribution in [2.75, 3.05) is 5.32 Å². The van der Waals surface area contributed by atoms with Gasteiger partial charge in [-0.15, -0.1) is 0 Å². The molecule has 0 spiro atoms. The highest BCUT2D eigenvalue weighted by molar-refractivity contribution is 6.30. The summed E-state index contributed by atoms with van der Waals surface area (Å²) in [5, 5.41) is 13.7. The van der Waals surface area contributed by atoms with Crippen LogP contribution in [-0.2, 0) is 0 Å². The maximum absolute atomic E-state index is 11.9. The summed E-state index contributed by atoms with van der Waals surface area (Å²) in [5.74, 6) is -0.350. The molecule has 0 saturated carbocycles. The highest BCUT2D eigenvalue weighted by atomic mass is 35.5. The molecule has 2 aromatic rings. The minimum atomic E-state index is -0.516. The molecule has 6 heteroatoms. The van der Waals surface area contributed by atoms with Gasteiger partial charge in [0.1, 0.15) is 0 Å². The highest BCUT2D eigenvalue weighted by Crippen LogP contribution is 2.18. The van der Waals surface area contributed by atoms with Crippen molar-refractivity contribution in [3.63, 3.8) is 0 Å². The first kappa shape index (κ1) is 13.0. The lowest BCUT2D eigenvalue weighted by Crippen LogP contribution is -2.11. The SMILES string of the molecule is O=C(Nc1cccc([N+](=O)[O-])c1)c1ccc(Cl)cc1. The van der Waals surface area contributed by atoms with Crippen molar-refractivity contribution in [3.8, 4) is 0 Å². The van der Waals surface area contributed by atoms with E-state index in [1.807, 2.05) is 0 Å². The van der Waals surface area contributed by atoms with Crippen molar-refractivity contribution >= 4 is 28.9 Å². The lowest BCUT2D eigenvalue weighted by Gasteiger charge is -2.05. The van der Waals surface area contributed by atoms with Gasteiger partial charge in [-0.2, -0.15) is 0 Å². The first-order valence-corrected chi connectivity index (χ1v) is 5.75. The van der Waals surface area contributed by atoms with Gasteiger partial charge in [0.15, 0.2) is 0 Å². The molecule has 0 heterocycles. The van der Waals surface area contributed by atoms with Crippen LogP contribution in [0.4, 0.5) is 11.4 Å². The molecule has 96 valence electrons. The first-order valence-electron chi connectivity index (χ1n) is 5.37. The third kappa shape index (κ3) is 3.29. The monoisotopic (exact) mass is 276 g/mol. The van der Waals surface area contributed by atoms with E-state index in [0.29, 0.717) is 16.3 Å². The van der Waals surface area contributed by atoms with Crippen molar-refractivity contribution in [2.24, 2.45) is 0 Å². The molecule has 1 N–H and O–H groups in total. The number of nitrogens with one attached hydrogen (secondary N) is 1. The molecule has 19 heavy (non-hydrogen) atoms. The molecular weight excluding hydrogens is 268 g/mol. The molecule has 0 radical (unpaired) electrons. The number of amides is 1. The number of hydrogen-bond donors (Lipinski definition) is 1. The number of nitro benzene ring substituents is 1. The second-order valence-corrected chi connectivity index (χ2v) is 4.20. The van der Waals surface area contributed by atoms with Crippen LogP contribution >= 0.6 is 11.6 Å². The molecule has 5 nitrogen and oxygen atoms in total. The van der Waals surface area contributed by atoms with Gasteiger partial charge in [0.05, 0.1) is 4.92 Å². The van der Waals surface area contributed by atoms with Crippen molar-refractivity contribution in [3.05, 3.63) is 69.2 Å². The van der Waals surface area contributed by atoms with Gasteiger partial charge in [0, 0.05) is 28.4 Å². The average Bonchev–Trinajstić information content (AvgIpc) is 2.39. The Morgan fingerprint density at radius 3 is 2.47 bits per heavy atom. The summed E-state index contributed by atoms with van der Waals surface area (Å²) < 4.78 is 0. The van der Waals surface area contributed by atoms with Crippen LogP contribution in [0.15, 0.2) is 48.5 Å².